The van der Waals surface area contributed by atoms with Gasteiger partial charge in [0.2, 0.25) is 5.91 Å². The zero-order valence-corrected chi connectivity index (χ0v) is 36.5. The molecule has 8 N–H and O–H groups in total. The van der Waals surface area contributed by atoms with Crippen molar-refractivity contribution in [2.24, 2.45) is 5.92 Å². The van der Waals surface area contributed by atoms with E-state index in [-0.39, 0.29) is 6.42 Å². The van der Waals surface area contributed by atoms with E-state index >= 15 is 0 Å². The summed E-state index contributed by atoms with van der Waals surface area (Å²) in [5.41, 5.74) is 0. The molecule has 1 saturated heterocycles. The first kappa shape index (κ1) is 53.9. The summed E-state index contributed by atoms with van der Waals surface area (Å²) in [5.74, 6) is 0.00318. The Bertz CT molecular complexity index is 952. The average Bonchev–Trinajstić information content (AvgIpc) is 3.20. The summed E-state index contributed by atoms with van der Waals surface area (Å²) >= 11 is 0. The first-order chi connectivity index (χ1) is 27.5. The highest BCUT2D eigenvalue weighted by atomic mass is 16.7. The van der Waals surface area contributed by atoms with Crippen molar-refractivity contribution in [1.82, 2.24) is 5.32 Å². The Labute approximate surface area is 347 Å². The van der Waals surface area contributed by atoms with Crippen LogP contribution < -0.4 is 5.32 Å². The Morgan fingerprint density at radius 2 is 1.09 bits per heavy atom. The van der Waals surface area contributed by atoms with Crippen molar-refractivity contribution in [3.8, 4) is 0 Å². The average molecular weight is 816 g/mol. The van der Waals surface area contributed by atoms with Crippen LogP contribution in [0.25, 0.3) is 0 Å². The fourth-order valence-corrected chi connectivity index (χ4v) is 7.56. The van der Waals surface area contributed by atoms with Gasteiger partial charge in [0, 0.05) is 0 Å². The van der Waals surface area contributed by atoms with Crippen LogP contribution in [0.2, 0.25) is 0 Å². The third-order valence-corrected chi connectivity index (χ3v) is 11.5. The molecule has 9 atom stereocenters. The molecule has 1 fully saturated rings. The van der Waals surface area contributed by atoms with Crippen LogP contribution in [0, 0.1) is 5.92 Å². The number of aliphatic hydroxyl groups excluding tert-OH is 7. The zero-order valence-electron chi connectivity index (χ0n) is 36.5. The van der Waals surface area contributed by atoms with Gasteiger partial charge in [-0.1, -0.05) is 174 Å². The molecule has 1 rings (SSSR count). The van der Waals surface area contributed by atoms with E-state index in [9.17, 15) is 40.5 Å². The number of unbranched alkanes of at least 4 members (excludes halogenated alkanes) is 22. The van der Waals surface area contributed by atoms with Crippen LogP contribution in [-0.2, 0) is 14.3 Å². The molecule has 0 aromatic heterocycles. The van der Waals surface area contributed by atoms with Crippen molar-refractivity contribution in [3.63, 3.8) is 0 Å². The highest BCUT2D eigenvalue weighted by Crippen LogP contribution is 2.23. The maximum absolute atomic E-state index is 13.1. The normalized spacial score (nSPS) is 22.3. The largest absolute Gasteiger partial charge is 0.394 e. The van der Waals surface area contributed by atoms with Crippen LogP contribution in [0.3, 0.4) is 0 Å². The number of ether oxygens (including phenoxy) is 2. The maximum Gasteiger partial charge on any atom is 0.249 e. The summed E-state index contributed by atoms with van der Waals surface area (Å²) in [4.78, 5) is 13.1. The van der Waals surface area contributed by atoms with E-state index in [0.717, 1.165) is 38.5 Å². The monoisotopic (exact) mass is 816 g/mol. The second kappa shape index (κ2) is 35.6. The molecule has 0 saturated carbocycles. The van der Waals surface area contributed by atoms with Crippen LogP contribution in [0.4, 0.5) is 0 Å². The van der Waals surface area contributed by atoms with E-state index in [0.29, 0.717) is 25.2 Å². The van der Waals surface area contributed by atoms with Gasteiger partial charge >= 0.3 is 0 Å². The van der Waals surface area contributed by atoms with Gasteiger partial charge in [-0.3, -0.25) is 4.79 Å². The van der Waals surface area contributed by atoms with Gasteiger partial charge in [-0.2, -0.15) is 0 Å². The third kappa shape index (κ3) is 26.6. The molecule has 1 heterocycles. The number of allylic oxidation sites excluding steroid dienone is 2. The van der Waals surface area contributed by atoms with E-state index in [1.807, 2.05) is 0 Å². The maximum atomic E-state index is 13.1. The first-order valence-corrected chi connectivity index (χ1v) is 23.4. The van der Waals surface area contributed by atoms with Gasteiger partial charge in [0.25, 0.3) is 0 Å². The fraction of sp³-hybridized carbons (Fsp3) is 0.935. The van der Waals surface area contributed by atoms with Gasteiger partial charge in [-0.25, -0.2) is 0 Å². The van der Waals surface area contributed by atoms with Gasteiger partial charge in [0.05, 0.1) is 25.4 Å². The lowest BCUT2D eigenvalue weighted by atomic mass is 9.98. The number of carbonyl (C=O) groups is 1. The molecule has 0 aromatic rings. The van der Waals surface area contributed by atoms with E-state index in [2.05, 4.69) is 38.2 Å². The van der Waals surface area contributed by atoms with Crippen molar-refractivity contribution >= 4 is 5.91 Å². The van der Waals surface area contributed by atoms with E-state index < -0.39 is 74.2 Å². The van der Waals surface area contributed by atoms with Crippen molar-refractivity contribution in [2.45, 2.75) is 256 Å². The standard InChI is InChI=1S/C46H89NO10/c1-4-5-6-7-8-9-10-11-12-13-14-15-16-17-18-19-20-21-22-27-30-33-39(50)45(55)47-37(35-56-46-44(54)43(53)42(52)40(34-48)57-46)41(51)38(49)32-29-26-24-23-25-28-31-36(2)3/h8-9,36-44,46,48-54H,4-7,10-35H2,1-3H3,(H,47,55)/b9-8-/t37-,38+,39+,40+,41-,42+,43-,44+,46+/m0/s1. The Morgan fingerprint density at radius 1 is 0.632 bits per heavy atom. The smallest absolute Gasteiger partial charge is 0.249 e. The molecular formula is C46H89NO10. The molecule has 0 spiro atoms. The van der Waals surface area contributed by atoms with Gasteiger partial charge in [0.1, 0.15) is 36.6 Å². The summed E-state index contributed by atoms with van der Waals surface area (Å²) in [5, 5.41) is 75.5. The number of hydrogen-bond acceptors (Lipinski definition) is 10. The van der Waals surface area contributed by atoms with Crippen LogP contribution >= 0.6 is 0 Å². The van der Waals surface area contributed by atoms with Crippen molar-refractivity contribution in [1.29, 1.82) is 0 Å². The SMILES string of the molecule is CCCCC/C=C\CCCCCCCCCCCCCCCC[C@@H](O)C(=O)N[C@@H](CO[C@@H]1O[C@H](CO)[C@@H](O)[C@H](O)[C@H]1O)[C@H](O)[C@H](O)CCCCCCCCC(C)C. The lowest BCUT2D eigenvalue weighted by molar-refractivity contribution is -0.303. The Kier molecular flexibility index (Phi) is 33.6. The summed E-state index contributed by atoms with van der Waals surface area (Å²) < 4.78 is 11.1. The summed E-state index contributed by atoms with van der Waals surface area (Å²) in [7, 11) is 0. The highest BCUT2D eigenvalue weighted by molar-refractivity contribution is 5.80. The van der Waals surface area contributed by atoms with Crippen molar-refractivity contribution in [3.05, 3.63) is 12.2 Å². The predicted molar refractivity (Wildman–Crippen MR) is 229 cm³/mol. The minimum absolute atomic E-state index is 0.262. The van der Waals surface area contributed by atoms with Gasteiger partial charge in [-0.05, 0) is 44.4 Å². The topological polar surface area (TPSA) is 189 Å². The highest BCUT2D eigenvalue weighted by Gasteiger charge is 2.44. The van der Waals surface area contributed by atoms with Crippen LogP contribution in [0.15, 0.2) is 12.2 Å². The molecule has 0 radical (unpaired) electrons. The molecular weight excluding hydrogens is 727 g/mol. The van der Waals surface area contributed by atoms with Crippen molar-refractivity contribution in [2.75, 3.05) is 13.2 Å². The van der Waals surface area contributed by atoms with Crippen molar-refractivity contribution < 1.29 is 50.0 Å². The molecule has 57 heavy (non-hydrogen) atoms. The van der Waals surface area contributed by atoms with Crippen LogP contribution in [-0.4, -0.2) is 110 Å². The van der Waals surface area contributed by atoms with Gasteiger partial charge in [-0.15, -0.1) is 0 Å². The summed E-state index contributed by atoms with van der Waals surface area (Å²) in [6, 6.07) is -1.16. The predicted octanol–water partition coefficient (Wildman–Crippen LogP) is 7.53. The van der Waals surface area contributed by atoms with Crippen LogP contribution in [0.1, 0.15) is 201 Å². The number of carbonyl (C=O) groups excluding carboxylic acids is 1. The number of aliphatic hydroxyl groups is 7. The Hall–Kier alpha value is -1.15. The zero-order chi connectivity index (χ0) is 42.1. The molecule has 11 heteroatoms. The summed E-state index contributed by atoms with van der Waals surface area (Å²) in [6.07, 6.45) is 24.4. The van der Waals surface area contributed by atoms with E-state index in [4.69, 9.17) is 9.47 Å². The third-order valence-electron chi connectivity index (χ3n) is 11.5. The Morgan fingerprint density at radius 3 is 1.58 bits per heavy atom. The first-order valence-electron chi connectivity index (χ1n) is 23.4. The van der Waals surface area contributed by atoms with Crippen LogP contribution in [0.5, 0.6) is 0 Å². The quantitative estimate of drug-likeness (QED) is 0.0229. The molecule has 1 aliphatic rings. The minimum atomic E-state index is -1.66. The number of rotatable bonds is 38. The minimum Gasteiger partial charge on any atom is -0.394 e. The summed E-state index contributed by atoms with van der Waals surface area (Å²) in [6.45, 7) is 5.64. The fourth-order valence-electron chi connectivity index (χ4n) is 7.56. The van der Waals surface area contributed by atoms with E-state index in [1.165, 1.54) is 116 Å². The lowest BCUT2D eigenvalue weighted by Crippen LogP contribution is -2.60. The number of amides is 1. The van der Waals surface area contributed by atoms with Gasteiger partial charge < -0.3 is 50.5 Å². The second-order valence-corrected chi connectivity index (χ2v) is 17.3. The molecule has 0 unspecified atom stereocenters. The lowest BCUT2D eigenvalue weighted by Gasteiger charge is -2.40. The van der Waals surface area contributed by atoms with Gasteiger partial charge in [0.15, 0.2) is 6.29 Å². The molecule has 1 aliphatic heterocycles. The molecule has 0 bridgehead atoms. The number of hydrogen-bond donors (Lipinski definition) is 8. The molecule has 11 nitrogen and oxygen atoms in total. The molecule has 1 amide bonds. The second-order valence-electron chi connectivity index (χ2n) is 17.3. The Balaban J connectivity index is 2.36. The molecule has 338 valence electrons. The molecule has 0 aromatic carbocycles. The number of nitrogens with one attached hydrogen (secondary N) is 1. The van der Waals surface area contributed by atoms with E-state index in [1.54, 1.807) is 0 Å². The molecule has 0 aliphatic carbocycles.